The van der Waals surface area contributed by atoms with Crippen molar-refractivity contribution in [1.29, 1.82) is 0 Å². The Kier molecular flexibility index (Phi) is 4.85. The molecule has 0 saturated heterocycles. The van der Waals surface area contributed by atoms with Crippen LogP contribution >= 0.6 is 50.4 Å². The van der Waals surface area contributed by atoms with E-state index in [1.165, 1.54) is 18.0 Å². The maximum atomic E-state index is 10.9. The topological polar surface area (TPSA) is 86.7 Å². The van der Waals surface area contributed by atoms with E-state index in [-0.39, 0.29) is 5.00 Å². The highest BCUT2D eigenvalue weighted by atomic mass is 79.9. The highest BCUT2D eigenvalue weighted by molar-refractivity contribution is 9.10. The second-order valence-corrected chi connectivity index (χ2v) is 9.01. The number of halogens is 1. The van der Waals surface area contributed by atoms with Crippen LogP contribution < -0.4 is 0 Å². The molecule has 130 valence electrons. The van der Waals surface area contributed by atoms with Gasteiger partial charge in [-0.3, -0.25) is 14.7 Å². The average Bonchev–Trinajstić information content (AvgIpc) is 3.36. The first kappa shape index (κ1) is 17.3. The van der Waals surface area contributed by atoms with Gasteiger partial charge < -0.3 is 0 Å². The average molecular weight is 466 g/mol. The summed E-state index contributed by atoms with van der Waals surface area (Å²) >= 11 is 7.28. The maximum absolute atomic E-state index is 10.9. The highest BCUT2D eigenvalue weighted by Gasteiger charge is 2.20. The van der Waals surface area contributed by atoms with Gasteiger partial charge in [0.15, 0.2) is 10.2 Å². The first-order chi connectivity index (χ1) is 12.6. The fourth-order valence-corrected chi connectivity index (χ4v) is 4.88. The van der Waals surface area contributed by atoms with E-state index in [0.717, 1.165) is 32.2 Å². The molecule has 3 aromatic heterocycles. The van der Waals surface area contributed by atoms with E-state index >= 15 is 0 Å². The molecule has 7 nitrogen and oxygen atoms in total. The second-order valence-electron chi connectivity index (χ2n) is 4.92. The van der Waals surface area contributed by atoms with Crippen molar-refractivity contribution in [2.24, 2.45) is 0 Å². The van der Waals surface area contributed by atoms with Crippen LogP contribution in [0.2, 0.25) is 0 Å². The zero-order chi connectivity index (χ0) is 18.1. The molecule has 26 heavy (non-hydrogen) atoms. The van der Waals surface area contributed by atoms with Crippen molar-refractivity contribution in [1.82, 2.24) is 19.7 Å². The van der Waals surface area contributed by atoms with Crippen molar-refractivity contribution in [2.45, 2.75) is 9.50 Å². The Hall–Kier alpha value is -2.08. The zero-order valence-corrected chi connectivity index (χ0v) is 16.8. The van der Waals surface area contributed by atoms with Crippen LogP contribution in [0.15, 0.2) is 61.9 Å². The summed E-state index contributed by atoms with van der Waals surface area (Å²) in [7, 11) is 0. The van der Waals surface area contributed by atoms with Crippen molar-refractivity contribution < 1.29 is 4.92 Å². The quantitative estimate of drug-likeness (QED) is 0.294. The molecule has 0 aliphatic carbocycles. The molecule has 0 aliphatic rings. The van der Waals surface area contributed by atoms with Gasteiger partial charge in [-0.05, 0) is 58.8 Å². The third-order valence-corrected chi connectivity index (χ3v) is 6.66. The smallest absolute Gasteiger partial charge is 0.269 e. The summed E-state index contributed by atoms with van der Waals surface area (Å²) in [4.78, 5) is 15.5. The van der Waals surface area contributed by atoms with E-state index in [9.17, 15) is 10.1 Å². The molecule has 1 aromatic carbocycles. The van der Waals surface area contributed by atoms with Gasteiger partial charge in [-0.1, -0.05) is 22.0 Å². The lowest BCUT2D eigenvalue weighted by Gasteiger charge is -2.08. The summed E-state index contributed by atoms with van der Waals surface area (Å²) in [5.41, 5.74) is 0.898. The van der Waals surface area contributed by atoms with Gasteiger partial charge in [0.2, 0.25) is 5.16 Å². The lowest BCUT2D eigenvalue weighted by atomic mass is 10.3. The number of aromatic nitrogens is 4. The molecule has 0 amide bonds. The Bertz CT molecular complexity index is 1060. The number of nitrogens with zero attached hydrogens (tertiary/aromatic N) is 5. The van der Waals surface area contributed by atoms with Gasteiger partial charge in [0.1, 0.15) is 6.20 Å². The standard InChI is InChI=1S/C15H8BrN5O2S3/c16-9-3-5-10(6-4-9)20-13(11-2-1-7-24-11)18-19-14(20)26-15-17-8-12(25-15)21(22)23/h1-8H. The van der Waals surface area contributed by atoms with E-state index in [0.29, 0.717) is 9.50 Å². The molecule has 11 heteroatoms. The van der Waals surface area contributed by atoms with Gasteiger partial charge in [-0.2, -0.15) is 0 Å². The van der Waals surface area contributed by atoms with Crippen molar-refractivity contribution in [3.8, 4) is 16.4 Å². The molecule has 0 aliphatic heterocycles. The molecule has 0 spiro atoms. The van der Waals surface area contributed by atoms with E-state index in [1.807, 2.05) is 46.3 Å². The summed E-state index contributed by atoms with van der Waals surface area (Å²) < 4.78 is 3.44. The fraction of sp³-hybridized carbons (Fsp3) is 0. The fourth-order valence-electron chi connectivity index (χ4n) is 2.18. The van der Waals surface area contributed by atoms with Crippen molar-refractivity contribution in [2.75, 3.05) is 0 Å². The first-order valence-electron chi connectivity index (χ1n) is 7.15. The molecular formula is C15H8BrN5O2S3. The SMILES string of the molecule is O=[N+]([O-])c1cnc(Sc2nnc(-c3cccs3)n2-c2ccc(Br)cc2)s1. The van der Waals surface area contributed by atoms with E-state index in [4.69, 9.17) is 0 Å². The second kappa shape index (κ2) is 7.27. The largest absolute Gasteiger partial charge is 0.344 e. The monoisotopic (exact) mass is 465 g/mol. The van der Waals surface area contributed by atoms with Gasteiger partial charge in [0.25, 0.3) is 0 Å². The summed E-state index contributed by atoms with van der Waals surface area (Å²) in [5.74, 6) is 0.718. The van der Waals surface area contributed by atoms with E-state index < -0.39 is 4.92 Å². The van der Waals surface area contributed by atoms with Crippen LogP contribution in [0, 0.1) is 10.1 Å². The van der Waals surface area contributed by atoms with Crippen molar-refractivity contribution >= 4 is 55.4 Å². The lowest BCUT2D eigenvalue weighted by molar-refractivity contribution is -0.380. The molecule has 0 bridgehead atoms. The van der Waals surface area contributed by atoms with Gasteiger partial charge in [0, 0.05) is 10.2 Å². The molecule has 0 radical (unpaired) electrons. The van der Waals surface area contributed by atoms with Gasteiger partial charge in [-0.25, -0.2) is 4.98 Å². The summed E-state index contributed by atoms with van der Waals surface area (Å²) in [6.07, 6.45) is 1.26. The van der Waals surface area contributed by atoms with Gasteiger partial charge >= 0.3 is 5.00 Å². The molecule has 0 unspecified atom stereocenters. The van der Waals surface area contributed by atoms with Crippen LogP contribution in [0.25, 0.3) is 16.4 Å². The summed E-state index contributed by atoms with van der Waals surface area (Å²) in [6, 6.07) is 11.7. The Morgan fingerprint density at radius 1 is 1.19 bits per heavy atom. The number of hydrogen-bond donors (Lipinski definition) is 0. The Morgan fingerprint density at radius 2 is 2.00 bits per heavy atom. The number of thiazole rings is 1. The predicted octanol–water partition coefficient (Wildman–Crippen LogP) is 5.27. The molecule has 3 heterocycles. The van der Waals surface area contributed by atoms with Gasteiger partial charge in [0.05, 0.1) is 9.80 Å². The predicted molar refractivity (Wildman–Crippen MR) is 105 cm³/mol. The zero-order valence-electron chi connectivity index (χ0n) is 12.8. The first-order valence-corrected chi connectivity index (χ1v) is 10.5. The minimum atomic E-state index is -0.446. The Labute approximate surface area is 168 Å². The maximum Gasteiger partial charge on any atom is 0.344 e. The normalized spacial score (nSPS) is 11.0. The van der Waals surface area contributed by atoms with E-state index in [1.54, 1.807) is 11.3 Å². The minimum Gasteiger partial charge on any atom is -0.269 e. The van der Waals surface area contributed by atoms with Gasteiger partial charge in [-0.15, -0.1) is 21.5 Å². The van der Waals surface area contributed by atoms with Crippen LogP contribution in [0.3, 0.4) is 0 Å². The molecule has 4 aromatic rings. The Balaban J connectivity index is 1.79. The van der Waals surface area contributed by atoms with Crippen LogP contribution in [-0.4, -0.2) is 24.7 Å². The summed E-state index contributed by atoms with van der Waals surface area (Å²) in [5, 5.41) is 22.1. The van der Waals surface area contributed by atoms with Crippen LogP contribution in [0.1, 0.15) is 0 Å². The van der Waals surface area contributed by atoms with Crippen LogP contribution in [0.4, 0.5) is 5.00 Å². The molecule has 0 atom stereocenters. The molecular weight excluding hydrogens is 458 g/mol. The number of benzene rings is 1. The lowest BCUT2D eigenvalue weighted by Crippen LogP contribution is -1.98. The number of nitro groups is 1. The number of rotatable bonds is 5. The number of hydrogen-bond acceptors (Lipinski definition) is 8. The Morgan fingerprint density at radius 3 is 2.65 bits per heavy atom. The highest BCUT2D eigenvalue weighted by Crippen LogP contribution is 2.37. The molecule has 4 rings (SSSR count). The molecule has 0 saturated carbocycles. The van der Waals surface area contributed by atoms with Crippen molar-refractivity contribution in [3.05, 3.63) is 62.6 Å². The van der Waals surface area contributed by atoms with Crippen molar-refractivity contribution in [3.63, 3.8) is 0 Å². The van der Waals surface area contributed by atoms with Crippen LogP contribution in [-0.2, 0) is 0 Å². The number of thiophene rings is 1. The third-order valence-electron chi connectivity index (χ3n) is 3.29. The van der Waals surface area contributed by atoms with Crippen LogP contribution in [0.5, 0.6) is 0 Å². The van der Waals surface area contributed by atoms with E-state index in [2.05, 4.69) is 31.1 Å². The summed E-state index contributed by atoms with van der Waals surface area (Å²) in [6.45, 7) is 0. The third kappa shape index (κ3) is 3.43. The minimum absolute atomic E-state index is 0.000636. The molecule has 0 fully saturated rings. The molecule has 0 N–H and O–H groups in total.